The second-order valence-corrected chi connectivity index (χ2v) is 7.05. The number of rotatable bonds is 4. The number of aromatic nitrogens is 4. The van der Waals surface area contributed by atoms with Crippen molar-refractivity contribution in [2.45, 2.75) is 13.0 Å². The highest BCUT2D eigenvalue weighted by Gasteiger charge is 2.19. The first-order valence-electron chi connectivity index (χ1n) is 8.46. The number of carbonyl (C=O) groups excluding carboxylic acids is 1. The van der Waals surface area contributed by atoms with E-state index in [0.29, 0.717) is 5.82 Å². The molecule has 4 rings (SSSR count). The molecule has 0 saturated carbocycles. The van der Waals surface area contributed by atoms with Crippen molar-refractivity contribution in [2.24, 2.45) is 0 Å². The van der Waals surface area contributed by atoms with Gasteiger partial charge in [-0.1, -0.05) is 52.3 Å². The van der Waals surface area contributed by atoms with E-state index in [2.05, 4.69) is 36.7 Å². The van der Waals surface area contributed by atoms with Crippen molar-refractivity contribution in [1.29, 1.82) is 0 Å². The van der Waals surface area contributed by atoms with Crippen LogP contribution in [0.2, 0.25) is 0 Å². The van der Waals surface area contributed by atoms with E-state index in [0.717, 1.165) is 26.5 Å². The summed E-state index contributed by atoms with van der Waals surface area (Å²) in [4.78, 5) is 14.0. The number of benzene rings is 3. The Labute approximate surface area is 164 Å². The molecule has 0 aliphatic rings. The number of fused-ring (bicyclic) bond motifs is 1. The van der Waals surface area contributed by atoms with E-state index >= 15 is 0 Å². The zero-order valence-electron chi connectivity index (χ0n) is 14.5. The number of anilines is 1. The molecular weight excluding hydrogens is 406 g/mol. The number of halogens is 1. The summed E-state index contributed by atoms with van der Waals surface area (Å²) in [7, 11) is 0. The van der Waals surface area contributed by atoms with Crippen molar-refractivity contribution >= 4 is 38.3 Å². The van der Waals surface area contributed by atoms with E-state index in [1.807, 2.05) is 66.7 Å². The topological polar surface area (TPSA) is 72.7 Å². The largest absolute Gasteiger partial charge is 0.324 e. The number of hydrogen-bond acceptors (Lipinski definition) is 4. The molecule has 0 bridgehead atoms. The van der Waals surface area contributed by atoms with Gasteiger partial charge in [0.25, 0.3) is 5.91 Å². The lowest BCUT2D eigenvalue weighted by Crippen LogP contribution is -2.25. The monoisotopic (exact) mass is 421 g/mol. The molecule has 1 amide bonds. The first-order chi connectivity index (χ1) is 13.1. The summed E-state index contributed by atoms with van der Waals surface area (Å²) in [6.07, 6.45) is 0. The maximum Gasteiger partial charge on any atom is 0.250 e. The third-order valence-electron chi connectivity index (χ3n) is 4.30. The number of nitrogens with zero attached hydrogens (tertiary/aromatic N) is 4. The average Bonchev–Trinajstić information content (AvgIpc) is 3.18. The van der Waals surface area contributed by atoms with Crippen LogP contribution in [0.1, 0.15) is 13.0 Å². The Bertz CT molecular complexity index is 1100. The maximum atomic E-state index is 12.7. The molecule has 3 aromatic carbocycles. The molecule has 0 spiro atoms. The van der Waals surface area contributed by atoms with E-state index in [4.69, 9.17) is 0 Å². The van der Waals surface area contributed by atoms with Crippen LogP contribution in [-0.2, 0) is 4.79 Å². The van der Waals surface area contributed by atoms with E-state index in [9.17, 15) is 4.79 Å². The summed E-state index contributed by atoms with van der Waals surface area (Å²) >= 11 is 3.40. The Morgan fingerprint density at radius 1 is 1.04 bits per heavy atom. The number of nitrogens with one attached hydrogen (secondary N) is 1. The Morgan fingerprint density at radius 2 is 1.78 bits per heavy atom. The summed E-state index contributed by atoms with van der Waals surface area (Å²) in [6.45, 7) is 1.74. The lowest BCUT2D eigenvalue weighted by atomic mass is 10.1. The van der Waals surface area contributed by atoms with Crippen molar-refractivity contribution < 1.29 is 4.79 Å². The minimum atomic E-state index is -0.597. The fraction of sp³-hybridized carbons (Fsp3) is 0.100. The van der Waals surface area contributed by atoms with Gasteiger partial charge in [0.1, 0.15) is 6.04 Å². The van der Waals surface area contributed by atoms with Crippen LogP contribution in [0.3, 0.4) is 0 Å². The van der Waals surface area contributed by atoms with Crippen LogP contribution in [0, 0.1) is 0 Å². The summed E-state index contributed by atoms with van der Waals surface area (Å²) in [5, 5.41) is 17.5. The fourth-order valence-corrected chi connectivity index (χ4v) is 3.04. The minimum Gasteiger partial charge on any atom is -0.324 e. The molecule has 1 unspecified atom stereocenters. The van der Waals surface area contributed by atoms with E-state index < -0.39 is 6.04 Å². The molecule has 0 aliphatic carbocycles. The normalized spacial score (nSPS) is 12.1. The van der Waals surface area contributed by atoms with Crippen LogP contribution in [-0.4, -0.2) is 26.1 Å². The lowest BCUT2D eigenvalue weighted by molar-refractivity contribution is -0.119. The van der Waals surface area contributed by atoms with Gasteiger partial charge in [0.05, 0.1) is 0 Å². The van der Waals surface area contributed by atoms with Crippen molar-refractivity contribution in [1.82, 2.24) is 20.2 Å². The predicted octanol–water partition coefficient (Wildman–Crippen LogP) is 4.46. The zero-order chi connectivity index (χ0) is 18.8. The number of tetrazole rings is 1. The van der Waals surface area contributed by atoms with Crippen LogP contribution < -0.4 is 5.32 Å². The molecule has 1 aromatic heterocycles. The van der Waals surface area contributed by atoms with Crippen molar-refractivity contribution in [3.05, 3.63) is 71.2 Å². The van der Waals surface area contributed by atoms with Gasteiger partial charge >= 0.3 is 0 Å². The smallest absolute Gasteiger partial charge is 0.250 e. The van der Waals surface area contributed by atoms with Crippen LogP contribution in [0.5, 0.6) is 0 Å². The predicted molar refractivity (Wildman–Crippen MR) is 108 cm³/mol. The van der Waals surface area contributed by atoms with Gasteiger partial charge in [-0.2, -0.15) is 4.80 Å². The van der Waals surface area contributed by atoms with Crippen LogP contribution in [0.15, 0.2) is 71.2 Å². The van der Waals surface area contributed by atoms with Gasteiger partial charge in [0, 0.05) is 21.1 Å². The maximum absolute atomic E-state index is 12.7. The van der Waals surface area contributed by atoms with E-state index in [1.54, 1.807) is 6.92 Å². The summed E-state index contributed by atoms with van der Waals surface area (Å²) < 4.78 is 0.974. The average molecular weight is 422 g/mol. The van der Waals surface area contributed by atoms with Crippen LogP contribution in [0.4, 0.5) is 5.69 Å². The SMILES string of the molecule is CC(C(=O)Nc1cccc2ccccc12)n1nnc(-c2ccc(Br)cc2)n1. The van der Waals surface area contributed by atoms with Crippen LogP contribution >= 0.6 is 15.9 Å². The lowest BCUT2D eigenvalue weighted by Gasteiger charge is -2.12. The molecule has 6 nitrogen and oxygen atoms in total. The number of hydrogen-bond donors (Lipinski definition) is 1. The standard InChI is InChI=1S/C20H16BrN5O/c1-13(26-24-19(23-25-26)15-9-11-16(21)12-10-15)20(27)22-18-8-4-6-14-5-2-3-7-17(14)18/h2-13H,1H3,(H,22,27). The van der Waals surface area contributed by atoms with E-state index in [1.165, 1.54) is 4.80 Å². The second kappa shape index (κ2) is 7.28. The molecule has 4 aromatic rings. The third-order valence-corrected chi connectivity index (χ3v) is 4.83. The molecule has 1 heterocycles. The number of amides is 1. The zero-order valence-corrected chi connectivity index (χ0v) is 16.1. The van der Waals surface area contributed by atoms with Gasteiger partial charge in [0.15, 0.2) is 0 Å². The summed E-state index contributed by atoms with van der Waals surface area (Å²) in [5.41, 5.74) is 1.60. The Kier molecular flexibility index (Phi) is 4.68. The molecule has 0 fully saturated rings. The molecule has 1 atom stereocenters. The molecule has 0 saturated heterocycles. The van der Waals surface area contributed by atoms with Gasteiger partial charge < -0.3 is 5.32 Å². The number of carbonyl (C=O) groups is 1. The minimum absolute atomic E-state index is 0.203. The molecule has 134 valence electrons. The van der Waals surface area contributed by atoms with Crippen molar-refractivity contribution in [3.8, 4) is 11.4 Å². The highest BCUT2D eigenvalue weighted by molar-refractivity contribution is 9.10. The Balaban J connectivity index is 1.55. The van der Waals surface area contributed by atoms with Gasteiger partial charge in [-0.25, -0.2) is 0 Å². The van der Waals surface area contributed by atoms with Gasteiger partial charge in [-0.05, 0) is 47.9 Å². The van der Waals surface area contributed by atoms with Crippen molar-refractivity contribution in [2.75, 3.05) is 5.32 Å². The quantitative estimate of drug-likeness (QED) is 0.527. The fourth-order valence-electron chi connectivity index (χ4n) is 2.78. The molecule has 27 heavy (non-hydrogen) atoms. The Hall–Kier alpha value is -3.06. The highest BCUT2D eigenvalue weighted by Crippen LogP contribution is 2.24. The molecule has 1 N–H and O–H groups in total. The first kappa shape index (κ1) is 17.4. The molecular formula is C20H16BrN5O. The van der Waals surface area contributed by atoms with Gasteiger partial charge in [-0.3, -0.25) is 4.79 Å². The molecule has 0 radical (unpaired) electrons. The Morgan fingerprint density at radius 3 is 2.59 bits per heavy atom. The molecule has 7 heteroatoms. The second-order valence-electron chi connectivity index (χ2n) is 6.13. The first-order valence-corrected chi connectivity index (χ1v) is 9.25. The summed E-state index contributed by atoms with van der Waals surface area (Å²) in [5.74, 6) is 0.276. The molecule has 0 aliphatic heterocycles. The highest BCUT2D eigenvalue weighted by atomic mass is 79.9. The summed E-state index contributed by atoms with van der Waals surface area (Å²) in [6, 6.07) is 20.7. The van der Waals surface area contributed by atoms with Crippen LogP contribution in [0.25, 0.3) is 22.2 Å². The van der Waals surface area contributed by atoms with E-state index in [-0.39, 0.29) is 5.91 Å². The van der Waals surface area contributed by atoms with Gasteiger partial charge in [0.2, 0.25) is 5.82 Å². The van der Waals surface area contributed by atoms with Crippen molar-refractivity contribution in [3.63, 3.8) is 0 Å². The third kappa shape index (κ3) is 3.59. The van der Waals surface area contributed by atoms with Gasteiger partial charge in [-0.15, -0.1) is 10.2 Å².